The fourth-order valence-electron chi connectivity index (χ4n) is 2.35. The molecule has 0 unspecified atom stereocenters. The second-order valence-electron chi connectivity index (χ2n) is 5.05. The number of furan rings is 1. The minimum Gasteiger partial charge on any atom is -0.460 e. The van der Waals surface area contributed by atoms with Gasteiger partial charge in [-0.25, -0.2) is 4.79 Å². The Labute approximate surface area is 154 Å². The lowest BCUT2D eigenvalue weighted by molar-refractivity contribution is 0.0447. The van der Waals surface area contributed by atoms with E-state index < -0.39 is 5.97 Å². The van der Waals surface area contributed by atoms with Gasteiger partial charge in [-0.15, -0.1) is 0 Å². The number of carbonyl (C=O) groups is 3. The predicted octanol–water partition coefficient (Wildman–Crippen LogP) is 3.65. The molecule has 6 nitrogen and oxygen atoms in total. The van der Waals surface area contributed by atoms with Crippen LogP contribution in [-0.2, 0) is 4.74 Å². The molecule has 24 heavy (non-hydrogen) atoms. The normalized spacial score (nSPS) is 13.3. The van der Waals surface area contributed by atoms with E-state index in [1.54, 1.807) is 24.3 Å². The average molecular weight is 457 g/mol. The van der Waals surface area contributed by atoms with Gasteiger partial charge >= 0.3 is 5.97 Å². The largest absolute Gasteiger partial charge is 0.460 e. The van der Waals surface area contributed by atoms with Crippen molar-refractivity contribution < 1.29 is 23.5 Å². The number of rotatable bonds is 5. The molecule has 2 aromatic rings. The van der Waals surface area contributed by atoms with Crippen molar-refractivity contribution in [3.63, 3.8) is 0 Å². The van der Waals surface area contributed by atoms with Gasteiger partial charge in [0.15, 0.2) is 4.67 Å². The number of carbonyl (C=O) groups excluding carboxylic acids is 3. The van der Waals surface area contributed by atoms with E-state index in [2.05, 4.69) is 31.9 Å². The van der Waals surface area contributed by atoms with Crippen molar-refractivity contribution in [3.05, 3.63) is 56.4 Å². The number of benzene rings is 1. The van der Waals surface area contributed by atoms with Gasteiger partial charge in [-0.2, -0.15) is 0 Å². The summed E-state index contributed by atoms with van der Waals surface area (Å²) in [5.41, 5.74) is 0.771. The Morgan fingerprint density at radius 1 is 1.08 bits per heavy atom. The summed E-state index contributed by atoms with van der Waals surface area (Å²) in [6, 6.07) is 8.05. The molecule has 0 bridgehead atoms. The monoisotopic (exact) mass is 455 g/mol. The van der Waals surface area contributed by atoms with E-state index in [-0.39, 0.29) is 30.7 Å². The molecule has 1 aromatic carbocycles. The van der Waals surface area contributed by atoms with Gasteiger partial charge < -0.3 is 9.15 Å². The van der Waals surface area contributed by atoms with E-state index >= 15 is 0 Å². The first kappa shape index (κ1) is 16.9. The van der Waals surface area contributed by atoms with Crippen LogP contribution in [0.1, 0.15) is 37.7 Å². The Kier molecular flexibility index (Phi) is 4.86. The first-order chi connectivity index (χ1) is 11.5. The molecule has 1 aliphatic rings. The van der Waals surface area contributed by atoms with Crippen LogP contribution in [-0.4, -0.2) is 35.8 Å². The molecule has 0 N–H and O–H groups in total. The standard InChI is InChI=1S/C16H11Br2NO5/c17-9-2-3-10-11(8-9)15(21)19(14(10)20)6-1-7-23-16(22)12-4-5-13(18)24-12/h2-5,8H,1,6-7H2. The van der Waals surface area contributed by atoms with Crippen molar-refractivity contribution in [2.45, 2.75) is 6.42 Å². The third kappa shape index (κ3) is 3.29. The molecule has 1 aliphatic heterocycles. The fourth-order valence-corrected chi connectivity index (χ4v) is 3.02. The number of imide groups is 1. The van der Waals surface area contributed by atoms with Crippen molar-refractivity contribution >= 4 is 49.6 Å². The molecule has 0 saturated heterocycles. The maximum atomic E-state index is 12.3. The van der Waals surface area contributed by atoms with Crippen molar-refractivity contribution in [1.29, 1.82) is 0 Å². The number of hydrogen-bond donors (Lipinski definition) is 0. The van der Waals surface area contributed by atoms with Gasteiger partial charge in [0.1, 0.15) is 0 Å². The Morgan fingerprint density at radius 3 is 2.54 bits per heavy atom. The molecule has 0 radical (unpaired) electrons. The van der Waals surface area contributed by atoms with E-state index in [0.29, 0.717) is 22.2 Å². The van der Waals surface area contributed by atoms with Gasteiger partial charge in [0.25, 0.3) is 11.8 Å². The maximum Gasteiger partial charge on any atom is 0.374 e. The second kappa shape index (κ2) is 6.90. The van der Waals surface area contributed by atoms with Gasteiger partial charge in [0.05, 0.1) is 17.7 Å². The predicted molar refractivity (Wildman–Crippen MR) is 90.8 cm³/mol. The maximum absolute atomic E-state index is 12.3. The van der Waals surface area contributed by atoms with Crippen LogP contribution in [0.3, 0.4) is 0 Å². The Balaban J connectivity index is 1.54. The minimum atomic E-state index is -0.591. The quantitative estimate of drug-likeness (QED) is 0.390. The summed E-state index contributed by atoms with van der Waals surface area (Å²) in [7, 11) is 0. The Bertz CT molecular complexity index is 830. The molecule has 1 aromatic heterocycles. The average Bonchev–Trinajstić information content (AvgIpc) is 3.08. The summed E-state index contributed by atoms with van der Waals surface area (Å²) in [5.74, 6) is -1.17. The molecule has 3 rings (SSSR count). The fraction of sp³-hybridized carbons (Fsp3) is 0.188. The topological polar surface area (TPSA) is 76.8 Å². The number of nitrogens with zero attached hydrogens (tertiary/aromatic N) is 1. The van der Waals surface area contributed by atoms with Crippen LogP contribution in [0.15, 0.2) is 43.9 Å². The van der Waals surface area contributed by atoms with Crippen LogP contribution < -0.4 is 0 Å². The third-order valence-electron chi connectivity index (χ3n) is 3.47. The highest BCUT2D eigenvalue weighted by Gasteiger charge is 2.35. The van der Waals surface area contributed by atoms with Gasteiger partial charge in [0.2, 0.25) is 5.76 Å². The summed E-state index contributed by atoms with van der Waals surface area (Å²) >= 11 is 6.38. The van der Waals surface area contributed by atoms with Crippen molar-refractivity contribution in [3.8, 4) is 0 Å². The highest BCUT2D eigenvalue weighted by Crippen LogP contribution is 2.26. The molecule has 124 valence electrons. The summed E-state index contributed by atoms with van der Waals surface area (Å²) in [5, 5.41) is 0. The summed E-state index contributed by atoms with van der Waals surface area (Å²) in [4.78, 5) is 37.4. The second-order valence-corrected chi connectivity index (χ2v) is 6.74. The zero-order valence-electron chi connectivity index (χ0n) is 12.3. The van der Waals surface area contributed by atoms with Crippen LogP contribution in [0.25, 0.3) is 0 Å². The number of hydrogen-bond acceptors (Lipinski definition) is 5. The molecule has 8 heteroatoms. The minimum absolute atomic E-state index is 0.0776. The first-order valence-electron chi connectivity index (χ1n) is 7.05. The molecule has 0 fully saturated rings. The molecule has 0 saturated carbocycles. The number of amides is 2. The van der Waals surface area contributed by atoms with Gasteiger partial charge in [-0.1, -0.05) is 15.9 Å². The molecule has 2 amide bonds. The summed E-state index contributed by atoms with van der Waals surface area (Å²) < 4.78 is 11.3. The highest BCUT2D eigenvalue weighted by molar-refractivity contribution is 9.10. The number of esters is 1. The molecular weight excluding hydrogens is 446 g/mol. The molecule has 0 aliphatic carbocycles. The van der Waals surface area contributed by atoms with E-state index in [1.807, 2.05) is 0 Å². The first-order valence-corrected chi connectivity index (χ1v) is 8.64. The Morgan fingerprint density at radius 2 is 1.83 bits per heavy atom. The van der Waals surface area contributed by atoms with Crippen molar-refractivity contribution in [1.82, 2.24) is 4.90 Å². The lowest BCUT2D eigenvalue weighted by Gasteiger charge is -2.13. The Hall–Kier alpha value is -1.93. The van der Waals surface area contributed by atoms with Crippen LogP contribution in [0, 0.1) is 0 Å². The summed E-state index contributed by atoms with van der Waals surface area (Å²) in [6.07, 6.45) is 0.347. The van der Waals surface area contributed by atoms with E-state index in [9.17, 15) is 14.4 Å². The molecular formula is C16H11Br2NO5. The van der Waals surface area contributed by atoms with E-state index in [4.69, 9.17) is 9.15 Å². The van der Waals surface area contributed by atoms with Crippen LogP contribution in [0.5, 0.6) is 0 Å². The van der Waals surface area contributed by atoms with Gasteiger partial charge in [0, 0.05) is 11.0 Å². The number of ether oxygens (including phenoxy) is 1. The van der Waals surface area contributed by atoms with E-state index in [0.717, 1.165) is 9.37 Å². The smallest absolute Gasteiger partial charge is 0.374 e. The van der Waals surface area contributed by atoms with Crippen LogP contribution in [0.2, 0.25) is 0 Å². The van der Waals surface area contributed by atoms with Crippen molar-refractivity contribution in [2.24, 2.45) is 0 Å². The van der Waals surface area contributed by atoms with Crippen molar-refractivity contribution in [2.75, 3.05) is 13.2 Å². The third-order valence-corrected chi connectivity index (χ3v) is 4.39. The van der Waals surface area contributed by atoms with Gasteiger partial charge in [-0.3, -0.25) is 14.5 Å². The molecule has 0 atom stereocenters. The molecule has 0 spiro atoms. The van der Waals surface area contributed by atoms with Gasteiger partial charge in [-0.05, 0) is 52.7 Å². The number of halogens is 2. The van der Waals surface area contributed by atoms with Crippen LogP contribution in [0.4, 0.5) is 0 Å². The number of fused-ring (bicyclic) bond motifs is 1. The van der Waals surface area contributed by atoms with Crippen LogP contribution >= 0.6 is 31.9 Å². The molecule has 2 heterocycles. The lowest BCUT2D eigenvalue weighted by Crippen LogP contribution is -2.31. The SMILES string of the molecule is O=C(OCCCN1C(=O)c2ccc(Br)cc2C1=O)c1ccc(Br)o1. The lowest BCUT2D eigenvalue weighted by atomic mass is 10.1. The summed E-state index contributed by atoms with van der Waals surface area (Å²) in [6.45, 7) is 0.257. The van der Waals surface area contributed by atoms with E-state index in [1.165, 1.54) is 6.07 Å². The highest BCUT2D eigenvalue weighted by atomic mass is 79.9. The zero-order valence-corrected chi connectivity index (χ0v) is 15.4. The zero-order chi connectivity index (χ0) is 17.3.